The summed E-state index contributed by atoms with van der Waals surface area (Å²) in [4.78, 5) is 29.7. The molecular weight excluding hydrogens is 284 g/mol. The molecule has 1 saturated heterocycles. The van der Waals surface area contributed by atoms with E-state index in [9.17, 15) is 9.59 Å². The van der Waals surface area contributed by atoms with Crippen molar-refractivity contribution in [3.8, 4) is 0 Å². The van der Waals surface area contributed by atoms with Gasteiger partial charge in [-0.05, 0) is 25.0 Å². The van der Waals surface area contributed by atoms with Crippen molar-refractivity contribution < 1.29 is 9.59 Å². The van der Waals surface area contributed by atoms with Gasteiger partial charge < -0.3 is 0 Å². The highest BCUT2D eigenvalue weighted by Gasteiger charge is 2.50. The van der Waals surface area contributed by atoms with Gasteiger partial charge in [-0.2, -0.15) is 0 Å². The third kappa shape index (κ3) is 1.60. The molecule has 0 aromatic carbocycles. The van der Waals surface area contributed by atoms with E-state index in [2.05, 4.69) is 20.9 Å². The lowest BCUT2D eigenvalue weighted by atomic mass is 10.00. The zero-order valence-electron chi connectivity index (χ0n) is 9.10. The van der Waals surface area contributed by atoms with Crippen LogP contribution in [-0.2, 0) is 9.59 Å². The number of amides is 2. The van der Waals surface area contributed by atoms with E-state index in [4.69, 9.17) is 0 Å². The Morgan fingerprint density at radius 2 is 1.88 bits per heavy atom. The number of hydrogen-bond donors (Lipinski definition) is 0. The summed E-state index contributed by atoms with van der Waals surface area (Å²) in [6, 6.07) is 3.48. The first-order valence-electron chi connectivity index (χ1n) is 5.68. The molecule has 2 unspecified atom stereocenters. The summed E-state index contributed by atoms with van der Waals surface area (Å²) >= 11 is 3.32. The first-order chi connectivity index (χ1) is 8.18. The van der Waals surface area contributed by atoms with Crippen LogP contribution in [0.2, 0.25) is 0 Å². The Bertz CT molecular complexity index is 481. The number of rotatable bonds is 1. The van der Waals surface area contributed by atoms with Crippen molar-refractivity contribution in [1.29, 1.82) is 0 Å². The SMILES string of the molecule is O=C1C2CCCC2C(=O)N1c1cc(Br)ccn1. The number of nitrogens with zero attached hydrogens (tertiary/aromatic N) is 2. The maximum Gasteiger partial charge on any atom is 0.238 e. The molecule has 1 aromatic rings. The maximum atomic E-state index is 12.2. The summed E-state index contributed by atoms with van der Waals surface area (Å²) in [5.74, 6) is 0.0570. The average molecular weight is 295 g/mol. The van der Waals surface area contributed by atoms with Crippen LogP contribution in [0.25, 0.3) is 0 Å². The molecule has 5 heteroatoms. The van der Waals surface area contributed by atoms with Crippen molar-refractivity contribution >= 4 is 33.6 Å². The Morgan fingerprint density at radius 3 is 2.47 bits per heavy atom. The summed E-state index contributed by atoms with van der Waals surface area (Å²) in [6.45, 7) is 0. The molecule has 0 bridgehead atoms. The molecule has 2 heterocycles. The average Bonchev–Trinajstić information content (AvgIpc) is 2.84. The minimum atomic E-state index is -0.108. The van der Waals surface area contributed by atoms with Gasteiger partial charge in [-0.1, -0.05) is 22.4 Å². The lowest BCUT2D eigenvalue weighted by Crippen LogP contribution is -2.32. The maximum absolute atomic E-state index is 12.2. The molecular formula is C12H11BrN2O2. The van der Waals surface area contributed by atoms with Crippen molar-refractivity contribution in [3.63, 3.8) is 0 Å². The molecule has 0 N–H and O–H groups in total. The van der Waals surface area contributed by atoms with E-state index in [0.29, 0.717) is 5.82 Å². The second-order valence-corrected chi connectivity index (χ2v) is 5.40. The van der Waals surface area contributed by atoms with Gasteiger partial charge >= 0.3 is 0 Å². The zero-order valence-corrected chi connectivity index (χ0v) is 10.7. The molecule has 0 spiro atoms. The van der Waals surface area contributed by atoms with E-state index < -0.39 is 0 Å². The third-order valence-corrected chi connectivity index (χ3v) is 4.02. The van der Waals surface area contributed by atoms with Crippen LogP contribution in [-0.4, -0.2) is 16.8 Å². The highest BCUT2D eigenvalue weighted by molar-refractivity contribution is 9.10. The number of carbonyl (C=O) groups is 2. The minimum absolute atomic E-state index is 0.0805. The van der Waals surface area contributed by atoms with E-state index in [-0.39, 0.29) is 23.7 Å². The highest BCUT2D eigenvalue weighted by atomic mass is 79.9. The molecule has 2 atom stereocenters. The van der Waals surface area contributed by atoms with Crippen LogP contribution >= 0.6 is 15.9 Å². The van der Waals surface area contributed by atoms with E-state index in [0.717, 1.165) is 23.7 Å². The zero-order chi connectivity index (χ0) is 12.0. The standard InChI is InChI=1S/C12H11BrN2O2/c13-7-4-5-14-10(6-7)15-11(16)8-2-1-3-9(8)12(15)17/h4-6,8-9H,1-3H2. The van der Waals surface area contributed by atoms with Gasteiger partial charge in [0.1, 0.15) is 5.82 Å². The van der Waals surface area contributed by atoms with Gasteiger partial charge in [0.25, 0.3) is 0 Å². The summed E-state index contributed by atoms with van der Waals surface area (Å²) in [7, 11) is 0. The molecule has 2 fully saturated rings. The number of imide groups is 1. The molecule has 2 aliphatic rings. The number of fused-ring (bicyclic) bond motifs is 1. The van der Waals surface area contributed by atoms with Gasteiger partial charge in [-0.15, -0.1) is 0 Å². The molecule has 2 amide bonds. The highest BCUT2D eigenvalue weighted by Crippen LogP contribution is 2.41. The van der Waals surface area contributed by atoms with E-state index >= 15 is 0 Å². The largest absolute Gasteiger partial charge is 0.274 e. The fourth-order valence-electron chi connectivity index (χ4n) is 2.73. The number of aromatic nitrogens is 1. The first-order valence-corrected chi connectivity index (χ1v) is 6.47. The number of halogens is 1. The summed E-state index contributed by atoms with van der Waals surface area (Å²) in [5, 5.41) is 0. The van der Waals surface area contributed by atoms with Gasteiger partial charge in [0.2, 0.25) is 11.8 Å². The van der Waals surface area contributed by atoms with E-state index in [1.54, 1.807) is 18.3 Å². The topological polar surface area (TPSA) is 50.3 Å². The van der Waals surface area contributed by atoms with Crippen molar-refractivity contribution in [2.45, 2.75) is 19.3 Å². The summed E-state index contributed by atoms with van der Waals surface area (Å²) in [6.07, 6.45) is 4.24. The summed E-state index contributed by atoms with van der Waals surface area (Å²) < 4.78 is 0.820. The molecule has 3 rings (SSSR count). The van der Waals surface area contributed by atoms with E-state index in [1.165, 1.54) is 4.90 Å². The van der Waals surface area contributed by atoms with Gasteiger partial charge in [0.15, 0.2) is 0 Å². The Morgan fingerprint density at radius 1 is 1.24 bits per heavy atom. The quantitative estimate of drug-likeness (QED) is 0.746. The second-order valence-electron chi connectivity index (χ2n) is 4.49. The smallest absolute Gasteiger partial charge is 0.238 e. The van der Waals surface area contributed by atoms with Gasteiger partial charge in [-0.3, -0.25) is 9.59 Å². The minimum Gasteiger partial charge on any atom is -0.274 e. The van der Waals surface area contributed by atoms with Gasteiger partial charge in [-0.25, -0.2) is 9.88 Å². The predicted octanol–water partition coefficient (Wildman–Crippen LogP) is 2.13. The van der Waals surface area contributed by atoms with Crippen LogP contribution in [0.3, 0.4) is 0 Å². The number of hydrogen-bond acceptors (Lipinski definition) is 3. The van der Waals surface area contributed by atoms with Crippen molar-refractivity contribution in [3.05, 3.63) is 22.8 Å². The number of anilines is 1. The number of carbonyl (C=O) groups excluding carboxylic acids is 2. The molecule has 1 aromatic heterocycles. The monoisotopic (exact) mass is 294 g/mol. The van der Waals surface area contributed by atoms with Crippen LogP contribution in [0.5, 0.6) is 0 Å². The fourth-order valence-corrected chi connectivity index (χ4v) is 3.06. The molecule has 4 nitrogen and oxygen atoms in total. The van der Waals surface area contributed by atoms with E-state index in [1.807, 2.05) is 0 Å². The number of pyridine rings is 1. The normalized spacial score (nSPS) is 27.7. The molecule has 17 heavy (non-hydrogen) atoms. The van der Waals surface area contributed by atoms with Gasteiger partial charge in [0.05, 0.1) is 11.8 Å². The Kier molecular flexibility index (Phi) is 2.50. The van der Waals surface area contributed by atoms with Crippen molar-refractivity contribution in [2.24, 2.45) is 11.8 Å². The van der Waals surface area contributed by atoms with Crippen molar-refractivity contribution in [2.75, 3.05) is 4.90 Å². The lowest BCUT2D eigenvalue weighted by Gasteiger charge is -2.14. The van der Waals surface area contributed by atoms with Crippen molar-refractivity contribution in [1.82, 2.24) is 4.98 Å². The molecule has 1 aliphatic heterocycles. The van der Waals surface area contributed by atoms with Crippen LogP contribution < -0.4 is 4.90 Å². The third-order valence-electron chi connectivity index (χ3n) is 3.53. The van der Waals surface area contributed by atoms with Gasteiger partial charge in [0, 0.05) is 10.7 Å². The van der Waals surface area contributed by atoms with Crippen LogP contribution in [0.4, 0.5) is 5.82 Å². The second kappa shape index (κ2) is 3.91. The Balaban J connectivity index is 1.99. The fraction of sp³-hybridized carbons (Fsp3) is 0.417. The molecule has 0 radical (unpaired) electrons. The molecule has 1 saturated carbocycles. The molecule has 88 valence electrons. The van der Waals surface area contributed by atoms with Crippen LogP contribution in [0.15, 0.2) is 22.8 Å². The summed E-state index contributed by atoms with van der Waals surface area (Å²) in [5.41, 5.74) is 0. The molecule has 1 aliphatic carbocycles. The Hall–Kier alpha value is -1.23. The lowest BCUT2D eigenvalue weighted by molar-refractivity contribution is -0.122. The first kappa shape index (κ1) is 10.9. The van der Waals surface area contributed by atoms with Crippen LogP contribution in [0, 0.1) is 11.8 Å². The predicted molar refractivity (Wildman–Crippen MR) is 65.3 cm³/mol. The Labute approximate surface area is 107 Å². The van der Waals surface area contributed by atoms with Crippen LogP contribution in [0.1, 0.15) is 19.3 Å².